The first-order chi connectivity index (χ1) is 12.6. The third-order valence-corrected chi connectivity index (χ3v) is 3.89. The van der Waals surface area contributed by atoms with Crippen molar-refractivity contribution in [2.24, 2.45) is 0 Å². The van der Waals surface area contributed by atoms with Crippen molar-refractivity contribution in [3.05, 3.63) is 23.3 Å². The molecule has 148 valence electrons. The van der Waals surface area contributed by atoms with Gasteiger partial charge in [0.1, 0.15) is 18.1 Å². The zero-order valence-corrected chi connectivity index (χ0v) is 17.2. The maximum Gasteiger partial charge on any atom is 0.163 e. The highest BCUT2D eigenvalue weighted by molar-refractivity contribution is 9.09. The van der Waals surface area contributed by atoms with Crippen molar-refractivity contribution >= 4 is 21.7 Å². The van der Waals surface area contributed by atoms with Gasteiger partial charge in [-0.05, 0) is 25.5 Å². The second-order valence-electron chi connectivity index (χ2n) is 5.62. The summed E-state index contributed by atoms with van der Waals surface area (Å²) in [6, 6.07) is 3.33. The molecule has 0 bridgehead atoms. The van der Waals surface area contributed by atoms with Crippen LogP contribution in [0.1, 0.15) is 36.2 Å². The Bertz CT molecular complexity index is 535. The smallest absolute Gasteiger partial charge is 0.163 e. The molecule has 0 aromatic heterocycles. The summed E-state index contributed by atoms with van der Waals surface area (Å²) >= 11 is 3.28. The molecule has 1 rings (SSSR count). The number of hydrogen-bond donors (Lipinski definition) is 1. The molecule has 0 unspecified atom stereocenters. The van der Waals surface area contributed by atoms with Crippen LogP contribution in [0.5, 0.6) is 11.5 Å². The highest BCUT2D eigenvalue weighted by atomic mass is 79.9. The number of Topliss-reactive ketones (excluding diaryl/α,β-unsaturated/α-hetero) is 1. The molecule has 0 aliphatic heterocycles. The fourth-order valence-corrected chi connectivity index (χ4v) is 2.56. The van der Waals surface area contributed by atoms with Crippen LogP contribution in [0, 0.1) is 0 Å². The van der Waals surface area contributed by atoms with Gasteiger partial charge in [0.05, 0.1) is 45.2 Å². The Morgan fingerprint density at radius 1 is 1.00 bits per heavy atom. The Morgan fingerprint density at radius 2 is 1.58 bits per heavy atom. The number of aromatic hydroxyl groups is 1. The number of halogens is 1. The van der Waals surface area contributed by atoms with Crippen LogP contribution in [0.3, 0.4) is 0 Å². The van der Waals surface area contributed by atoms with Crippen molar-refractivity contribution in [2.45, 2.75) is 26.7 Å². The lowest BCUT2D eigenvalue weighted by molar-refractivity contribution is 0.0118. The van der Waals surface area contributed by atoms with Gasteiger partial charge in [-0.2, -0.15) is 0 Å². The molecule has 0 aliphatic rings. The number of ketones is 1. The SMILES string of the molecule is CCCc1c(OCCOCCOCCOCCBr)ccc(C(C)=O)c1O. The van der Waals surface area contributed by atoms with Crippen LogP contribution in [-0.4, -0.2) is 62.5 Å². The highest BCUT2D eigenvalue weighted by Crippen LogP contribution is 2.32. The first-order valence-corrected chi connectivity index (χ1v) is 10.0. The minimum absolute atomic E-state index is 0.0216. The fourth-order valence-electron chi connectivity index (χ4n) is 2.34. The van der Waals surface area contributed by atoms with E-state index in [4.69, 9.17) is 18.9 Å². The largest absolute Gasteiger partial charge is 0.507 e. The van der Waals surface area contributed by atoms with Crippen LogP contribution in [0.15, 0.2) is 12.1 Å². The number of hydrogen-bond acceptors (Lipinski definition) is 6. The molecule has 6 nitrogen and oxygen atoms in total. The fraction of sp³-hybridized carbons (Fsp3) is 0.632. The Balaban J connectivity index is 2.28. The number of phenols is 1. The summed E-state index contributed by atoms with van der Waals surface area (Å²) in [5, 5.41) is 11.1. The monoisotopic (exact) mass is 432 g/mol. The minimum Gasteiger partial charge on any atom is -0.507 e. The molecule has 0 saturated heterocycles. The van der Waals surface area contributed by atoms with E-state index in [-0.39, 0.29) is 11.5 Å². The number of phenolic OH excluding ortho intramolecular Hbond substituents is 1. The Hall–Kier alpha value is -1.15. The lowest BCUT2D eigenvalue weighted by Gasteiger charge is -2.14. The summed E-state index contributed by atoms with van der Waals surface area (Å²) < 4.78 is 21.8. The Morgan fingerprint density at radius 3 is 2.12 bits per heavy atom. The number of carbonyl (C=O) groups is 1. The van der Waals surface area contributed by atoms with Crippen LogP contribution < -0.4 is 4.74 Å². The maximum absolute atomic E-state index is 11.6. The molecule has 1 aromatic carbocycles. The van der Waals surface area contributed by atoms with Gasteiger partial charge in [-0.1, -0.05) is 29.3 Å². The van der Waals surface area contributed by atoms with E-state index in [0.717, 1.165) is 11.8 Å². The van der Waals surface area contributed by atoms with Crippen LogP contribution in [0.2, 0.25) is 0 Å². The molecule has 0 heterocycles. The second kappa shape index (κ2) is 14.0. The van der Waals surface area contributed by atoms with Crippen LogP contribution in [-0.2, 0) is 20.6 Å². The summed E-state index contributed by atoms with van der Waals surface area (Å²) in [6.45, 7) is 7.04. The Labute approximate surface area is 163 Å². The molecule has 0 saturated carbocycles. The predicted octanol–water partition coefficient (Wildman–Crippen LogP) is 3.37. The van der Waals surface area contributed by atoms with Crippen molar-refractivity contribution < 1.29 is 28.8 Å². The van der Waals surface area contributed by atoms with Gasteiger partial charge in [-0.3, -0.25) is 4.79 Å². The third-order valence-electron chi connectivity index (χ3n) is 3.57. The van der Waals surface area contributed by atoms with Gasteiger partial charge in [-0.25, -0.2) is 0 Å². The molecular weight excluding hydrogens is 404 g/mol. The first kappa shape index (κ1) is 22.9. The summed E-state index contributed by atoms with van der Waals surface area (Å²) in [6.07, 6.45) is 1.49. The summed E-state index contributed by atoms with van der Waals surface area (Å²) in [5.74, 6) is 0.457. The van der Waals surface area contributed by atoms with E-state index in [1.54, 1.807) is 12.1 Å². The topological polar surface area (TPSA) is 74.2 Å². The summed E-state index contributed by atoms with van der Waals surface area (Å²) in [4.78, 5) is 11.6. The molecule has 0 amide bonds. The van der Waals surface area contributed by atoms with E-state index in [0.29, 0.717) is 69.5 Å². The van der Waals surface area contributed by atoms with Crippen molar-refractivity contribution in [2.75, 3.05) is 51.6 Å². The maximum atomic E-state index is 11.6. The molecule has 26 heavy (non-hydrogen) atoms. The van der Waals surface area contributed by atoms with Gasteiger partial charge in [0.15, 0.2) is 5.78 Å². The molecule has 0 atom stereocenters. The van der Waals surface area contributed by atoms with Crippen LogP contribution in [0.4, 0.5) is 0 Å². The molecule has 7 heteroatoms. The summed E-state index contributed by atoms with van der Waals surface area (Å²) in [7, 11) is 0. The predicted molar refractivity (Wildman–Crippen MR) is 104 cm³/mol. The summed E-state index contributed by atoms with van der Waals surface area (Å²) in [5.41, 5.74) is 1.00. The van der Waals surface area contributed by atoms with Crippen molar-refractivity contribution in [3.63, 3.8) is 0 Å². The minimum atomic E-state index is -0.160. The van der Waals surface area contributed by atoms with Crippen LogP contribution >= 0.6 is 15.9 Å². The van der Waals surface area contributed by atoms with Crippen molar-refractivity contribution in [1.29, 1.82) is 0 Å². The van der Waals surface area contributed by atoms with E-state index in [1.165, 1.54) is 6.92 Å². The van der Waals surface area contributed by atoms with Crippen LogP contribution in [0.25, 0.3) is 0 Å². The van der Waals surface area contributed by atoms with E-state index < -0.39 is 0 Å². The number of ether oxygens (including phenoxy) is 4. The first-order valence-electron chi connectivity index (χ1n) is 8.89. The van der Waals surface area contributed by atoms with Crippen molar-refractivity contribution in [1.82, 2.24) is 0 Å². The quantitative estimate of drug-likeness (QED) is 0.260. The number of carbonyl (C=O) groups excluding carboxylic acids is 1. The molecule has 0 fully saturated rings. The standard InChI is InChI=1S/C19H29BrO6/c1-3-4-17-18(6-5-16(15(2)21)19(17)22)26-14-13-25-12-11-24-10-9-23-8-7-20/h5-6,22H,3-4,7-14H2,1-2H3. The molecular formula is C19H29BrO6. The van der Waals surface area contributed by atoms with E-state index in [9.17, 15) is 9.90 Å². The van der Waals surface area contributed by atoms with E-state index >= 15 is 0 Å². The number of benzene rings is 1. The van der Waals surface area contributed by atoms with Crippen molar-refractivity contribution in [3.8, 4) is 11.5 Å². The molecule has 1 N–H and O–H groups in total. The zero-order chi connectivity index (χ0) is 19.2. The molecule has 0 radical (unpaired) electrons. The highest BCUT2D eigenvalue weighted by Gasteiger charge is 2.15. The van der Waals surface area contributed by atoms with Gasteiger partial charge >= 0.3 is 0 Å². The average molecular weight is 433 g/mol. The average Bonchev–Trinajstić information content (AvgIpc) is 2.62. The number of alkyl halides is 1. The lowest BCUT2D eigenvalue weighted by Crippen LogP contribution is -2.13. The van der Waals surface area contributed by atoms with E-state index in [1.807, 2.05) is 6.92 Å². The lowest BCUT2D eigenvalue weighted by atomic mass is 10.0. The molecule has 0 aliphatic carbocycles. The third kappa shape index (κ3) is 8.49. The normalized spacial score (nSPS) is 10.9. The molecule has 0 spiro atoms. The number of rotatable bonds is 15. The Kier molecular flexibility index (Phi) is 12.3. The van der Waals surface area contributed by atoms with E-state index in [2.05, 4.69) is 15.9 Å². The van der Waals surface area contributed by atoms with Gasteiger partial charge in [0.25, 0.3) is 0 Å². The van der Waals surface area contributed by atoms with Gasteiger partial charge < -0.3 is 24.1 Å². The van der Waals surface area contributed by atoms with Gasteiger partial charge in [0, 0.05) is 10.9 Å². The van der Waals surface area contributed by atoms with Gasteiger partial charge in [0.2, 0.25) is 0 Å². The van der Waals surface area contributed by atoms with Gasteiger partial charge in [-0.15, -0.1) is 0 Å². The molecule has 1 aromatic rings. The second-order valence-corrected chi connectivity index (χ2v) is 6.41. The zero-order valence-electron chi connectivity index (χ0n) is 15.6.